The zero-order valence-electron chi connectivity index (χ0n) is 19.2. The van der Waals surface area contributed by atoms with Crippen LogP contribution in [0.25, 0.3) is 0 Å². The standard InChI is InChI=1S/C27H27NO5S/c1-3-4-14-33-20-13-12-19(16-21(20)32-2)24-23(25(29)22-11-8-15-34-22)26(30)27(31)28(24)17-18-9-6-5-7-10-18/h5-13,15-16,24,30H,3-4,14,17H2,1-2H3. The predicted molar refractivity (Wildman–Crippen MR) is 131 cm³/mol. The van der Waals surface area contributed by atoms with E-state index in [2.05, 4.69) is 6.92 Å². The summed E-state index contributed by atoms with van der Waals surface area (Å²) in [5.41, 5.74) is 1.63. The number of methoxy groups -OCH3 is 1. The van der Waals surface area contributed by atoms with Gasteiger partial charge in [0.2, 0.25) is 5.78 Å². The number of hydrogen-bond acceptors (Lipinski definition) is 6. The van der Waals surface area contributed by atoms with Crippen molar-refractivity contribution in [3.05, 3.63) is 93.4 Å². The van der Waals surface area contributed by atoms with Crippen LogP contribution in [0, 0.1) is 0 Å². The number of aliphatic hydroxyl groups excluding tert-OH is 1. The van der Waals surface area contributed by atoms with E-state index in [1.807, 2.05) is 36.4 Å². The molecule has 0 spiro atoms. The number of thiophene rings is 1. The van der Waals surface area contributed by atoms with Crippen LogP contribution in [0.4, 0.5) is 0 Å². The number of aliphatic hydroxyl groups is 1. The Labute approximate surface area is 203 Å². The Morgan fingerprint density at radius 2 is 1.88 bits per heavy atom. The van der Waals surface area contributed by atoms with E-state index in [1.54, 1.807) is 36.8 Å². The summed E-state index contributed by atoms with van der Waals surface area (Å²) in [5, 5.41) is 12.6. The maximum atomic E-state index is 13.4. The molecule has 6 nitrogen and oxygen atoms in total. The molecule has 2 aromatic carbocycles. The number of benzene rings is 2. The van der Waals surface area contributed by atoms with Crippen LogP contribution in [-0.2, 0) is 11.3 Å². The Kier molecular flexibility index (Phi) is 7.33. The second kappa shape index (κ2) is 10.6. The third-order valence-corrected chi connectivity index (χ3v) is 6.62. The van der Waals surface area contributed by atoms with Gasteiger partial charge in [0, 0.05) is 6.54 Å². The number of amides is 1. The molecule has 4 rings (SSSR count). The number of carbonyl (C=O) groups excluding carboxylic acids is 2. The smallest absolute Gasteiger partial charge is 0.290 e. The number of hydrogen-bond donors (Lipinski definition) is 1. The first-order valence-corrected chi connectivity index (χ1v) is 12.1. The molecule has 1 aromatic heterocycles. The highest BCUT2D eigenvalue weighted by molar-refractivity contribution is 7.12. The molecule has 176 valence electrons. The Hall–Kier alpha value is -3.58. The van der Waals surface area contributed by atoms with Crippen molar-refractivity contribution >= 4 is 23.0 Å². The van der Waals surface area contributed by atoms with Gasteiger partial charge in [-0.05, 0) is 41.1 Å². The molecule has 0 fully saturated rings. The molecule has 34 heavy (non-hydrogen) atoms. The van der Waals surface area contributed by atoms with Gasteiger partial charge in [-0.1, -0.05) is 55.8 Å². The number of ketones is 1. The number of rotatable bonds is 10. The molecule has 2 heterocycles. The highest BCUT2D eigenvalue weighted by Gasteiger charge is 2.44. The minimum Gasteiger partial charge on any atom is -0.503 e. The quantitative estimate of drug-likeness (QED) is 0.299. The van der Waals surface area contributed by atoms with Crippen molar-refractivity contribution in [3.63, 3.8) is 0 Å². The lowest BCUT2D eigenvalue weighted by atomic mass is 9.95. The Balaban J connectivity index is 1.76. The van der Waals surface area contributed by atoms with E-state index in [4.69, 9.17) is 9.47 Å². The molecule has 1 amide bonds. The summed E-state index contributed by atoms with van der Waals surface area (Å²) in [6, 6.07) is 17.6. The third kappa shape index (κ3) is 4.70. The third-order valence-electron chi connectivity index (χ3n) is 5.75. The van der Waals surface area contributed by atoms with Gasteiger partial charge in [-0.2, -0.15) is 0 Å². The molecular weight excluding hydrogens is 450 g/mol. The molecule has 0 bridgehead atoms. The van der Waals surface area contributed by atoms with E-state index in [-0.39, 0.29) is 17.9 Å². The van der Waals surface area contributed by atoms with Crippen LogP contribution in [0.5, 0.6) is 11.5 Å². The van der Waals surface area contributed by atoms with Crippen molar-refractivity contribution in [2.45, 2.75) is 32.4 Å². The second-order valence-corrected chi connectivity index (χ2v) is 8.95. The molecule has 1 aliphatic rings. The van der Waals surface area contributed by atoms with Crippen molar-refractivity contribution in [1.29, 1.82) is 0 Å². The van der Waals surface area contributed by atoms with Crippen LogP contribution in [0.1, 0.15) is 46.6 Å². The van der Waals surface area contributed by atoms with Crippen LogP contribution < -0.4 is 9.47 Å². The largest absolute Gasteiger partial charge is 0.503 e. The van der Waals surface area contributed by atoms with E-state index >= 15 is 0 Å². The monoisotopic (exact) mass is 477 g/mol. The molecule has 0 saturated heterocycles. The molecule has 0 saturated carbocycles. The number of Topliss-reactive ketones (excluding diaryl/α,β-unsaturated/α-hetero) is 1. The number of nitrogens with zero attached hydrogens (tertiary/aromatic N) is 1. The van der Waals surface area contributed by atoms with Crippen molar-refractivity contribution in [1.82, 2.24) is 4.90 Å². The van der Waals surface area contributed by atoms with E-state index in [9.17, 15) is 14.7 Å². The molecule has 1 unspecified atom stereocenters. The zero-order valence-corrected chi connectivity index (χ0v) is 20.0. The highest BCUT2D eigenvalue weighted by Crippen LogP contribution is 2.42. The van der Waals surface area contributed by atoms with Crippen molar-refractivity contribution in [3.8, 4) is 11.5 Å². The fourth-order valence-electron chi connectivity index (χ4n) is 4.02. The van der Waals surface area contributed by atoms with Gasteiger partial charge in [0.15, 0.2) is 17.3 Å². The van der Waals surface area contributed by atoms with Gasteiger partial charge >= 0.3 is 0 Å². The van der Waals surface area contributed by atoms with E-state index < -0.39 is 17.7 Å². The number of ether oxygens (including phenoxy) is 2. The second-order valence-electron chi connectivity index (χ2n) is 8.00. The van der Waals surface area contributed by atoms with Gasteiger partial charge in [-0.15, -0.1) is 11.3 Å². The van der Waals surface area contributed by atoms with Crippen LogP contribution in [0.2, 0.25) is 0 Å². The maximum absolute atomic E-state index is 13.4. The summed E-state index contributed by atoms with van der Waals surface area (Å²) in [7, 11) is 1.55. The minimum atomic E-state index is -0.763. The molecule has 1 atom stereocenters. The summed E-state index contributed by atoms with van der Waals surface area (Å²) in [5.74, 6) is -0.339. The average Bonchev–Trinajstić information content (AvgIpc) is 3.48. The van der Waals surface area contributed by atoms with Crippen LogP contribution in [0.15, 0.2) is 77.4 Å². The zero-order chi connectivity index (χ0) is 24.1. The summed E-state index contributed by atoms with van der Waals surface area (Å²) in [6.45, 7) is 2.90. The normalized spacial score (nSPS) is 15.6. The lowest BCUT2D eigenvalue weighted by molar-refractivity contribution is -0.130. The highest BCUT2D eigenvalue weighted by atomic mass is 32.1. The number of unbranched alkanes of at least 4 members (excludes halogenated alkanes) is 1. The van der Waals surface area contributed by atoms with Gasteiger partial charge in [0.1, 0.15) is 0 Å². The van der Waals surface area contributed by atoms with E-state index in [0.29, 0.717) is 28.5 Å². The van der Waals surface area contributed by atoms with Gasteiger partial charge in [-0.3, -0.25) is 9.59 Å². The van der Waals surface area contributed by atoms with Crippen LogP contribution in [-0.4, -0.2) is 35.4 Å². The molecule has 1 N–H and O–H groups in total. The lowest BCUT2D eigenvalue weighted by Gasteiger charge is -2.27. The summed E-state index contributed by atoms with van der Waals surface area (Å²) in [6.07, 6.45) is 1.93. The summed E-state index contributed by atoms with van der Waals surface area (Å²) < 4.78 is 11.4. The SMILES string of the molecule is CCCCOc1ccc(C2C(C(=O)c3cccs3)=C(O)C(=O)N2Cc2ccccc2)cc1OC. The fourth-order valence-corrected chi connectivity index (χ4v) is 4.69. The topological polar surface area (TPSA) is 76.1 Å². The van der Waals surface area contributed by atoms with Crippen molar-refractivity contribution in [2.75, 3.05) is 13.7 Å². The van der Waals surface area contributed by atoms with Gasteiger partial charge < -0.3 is 19.5 Å². The molecule has 0 aliphatic carbocycles. The Morgan fingerprint density at radius 3 is 2.56 bits per heavy atom. The van der Waals surface area contributed by atoms with Crippen molar-refractivity contribution < 1.29 is 24.2 Å². The fraction of sp³-hybridized carbons (Fsp3) is 0.259. The van der Waals surface area contributed by atoms with Crippen LogP contribution in [0.3, 0.4) is 0 Å². The molecule has 0 radical (unpaired) electrons. The average molecular weight is 478 g/mol. The Bertz CT molecular complexity index is 1190. The first-order valence-electron chi connectivity index (χ1n) is 11.2. The molecular formula is C27H27NO5S. The predicted octanol–water partition coefficient (Wildman–Crippen LogP) is 5.71. The van der Waals surface area contributed by atoms with Gasteiger partial charge in [-0.25, -0.2) is 0 Å². The minimum absolute atomic E-state index is 0.0742. The van der Waals surface area contributed by atoms with E-state index in [0.717, 1.165) is 18.4 Å². The molecule has 1 aliphatic heterocycles. The van der Waals surface area contributed by atoms with Crippen LogP contribution >= 0.6 is 11.3 Å². The van der Waals surface area contributed by atoms with Gasteiger partial charge in [0.05, 0.1) is 30.2 Å². The maximum Gasteiger partial charge on any atom is 0.290 e. The summed E-state index contributed by atoms with van der Waals surface area (Å²) in [4.78, 5) is 28.6. The molecule has 7 heteroatoms. The van der Waals surface area contributed by atoms with Gasteiger partial charge in [0.25, 0.3) is 5.91 Å². The van der Waals surface area contributed by atoms with Crippen molar-refractivity contribution in [2.24, 2.45) is 0 Å². The lowest BCUT2D eigenvalue weighted by Crippen LogP contribution is -2.30. The Morgan fingerprint density at radius 1 is 1.09 bits per heavy atom. The first-order chi connectivity index (χ1) is 16.5. The number of carbonyl (C=O) groups is 2. The summed E-state index contributed by atoms with van der Waals surface area (Å²) >= 11 is 1.28. The first kappa shape index (κ1) is 23.6. The molecule has 3 aromatic rings. The van der Waals surface area contributed by atoms with E-state index in [1.165, 1.54) is 16.2 Å².